The number of rotatable bonds is 5. The average Bonchev–Trinajstić information content (AvgIpc) is 2.87. The summed E-state index contributed by atoms with van der Waals surface area (Å²) in [6, 6.07) is 5.85. The monoisotopic (exact) mass is 295 g/mol. The maximum Gasteiger partial charge on any atom is 0.326 e. The molecule has 0 aromatic heterocycles. The van der Waals surface area contributed by atoms with Crippen LogP contribution in [0.5, 0.6) is 11.5 Å². The zero-order valence-corrected chi connectivity index (χ0v) is 11.6. The summed E-state index contributed by atoms with van der Waals surface area (Å²) < 4.78 is 10.5. The second-order valence-corrected chi connectivity index (χ2v) is 4.73. The van der Waals surface area contributed by atoms with Crippen molar-refractivity contribution in [1.82, 2.24) is 4.90 Å². The standard InChI is InChI=1S/C14H17NO6/c1-20-11-4-2-3-5-12(11)21-8-13(17)15-7-9(16)6-10(15)14(18)19/h2-5,9-10,16H,6-8H2,1H3,(H,18,19)/t9-,10-/m1/s1. The van der Waals surface area contributed by atoms with Gasteiger partial charge in [-0.15, -0.1) is 0 Å². The van der Waals surface area contributed by atoms with Crippen LogP contribution in [0.2, 0.25) is 0 Å². The predicted molar refractivity (Wildman–Crippen MR) is 72.2 cm³/mol. The lowest BCUT2D eigenvalue weighted by atomic mass is 10.2. The number of carboxylic acid groups (broad SMARTS) is 1. The second-order valence-electron chi connectivity index (χ2n) is 4.73. The maximum absolute atomic E-state index is 12.1. The summed E-state index contributed by atoms with van der Waals surface area (Å²) in [7, 11) is 1.49. The van der Waals surface area contributed by atoms with Gasteiger partial charge in [-0.2, -0.15) is 0 Å². The zero-order chi connectivity index (χ0) is 15.4. The largest absolute Gasteiger partial charge is 0.493 e. The molecular formula is C14H17NO6. The van der Waals surface area contributed by atoms with Crippen molar-refractivity contribution >= 4 is 11.9 Å². The molecule has 7 nitrogen and oxygen atoms in total. The number of hydrogen-bond acceptors (Lipinski definition) is 5. The summed E-state index contributed by atoms with van der Waals surface area (Å²) in [6.45, 7) is -0.304. The first-order chi connectivity index (χ1) is 10.0. The fraction of sp³-hybridized carbons (Fsp3) is 0.429. The molecule has 0 aliphatic carbocycles. The molecule has 1 saturated heterocycles. The van der Waals surface area contributed by atoms with E-state index in [1.54, 1.807) is 24.3 Å². The maximum atomic E-state index is 12.1. The molecule has 2 rings (SSSR count). The van der Waals surface area contributed by atoms with Gasteiger partial charge in [-0.25, -0.2) is 4.79 Å². The van der Waals surface area contributed by atoms with E-state index in [9.17, 15) is 14.7 Å². The lowest BCUT2D eigenvalue weighted by Gasteiger charge is -2.21. The van der Waals surface area contributed by atoms with Crippen LogP contribution in [0, 0.1) is 0 Å². The van der Waals surface area contributed by atoms with Crippen molar-refractivity contribution in [2.75, 3.05) is 20.3 Å². The number of aliphatic hydroxyl groups excluding tert-OH is 1. The van der Waals surface area contributed by atoms with E-state index >= 15 is 0 Å². The second kappa shape index (κ2) is 6.45. The molecule has 1 amide bonds. The summed E-state index contributed by atoms with van der Waals surface area (Å²) in [6.07, 6.45) is -0.781. The summed E-state index contributed by atoms with van der Waals surface area (Å²) >= 11 is 0. The third-order valence-corrected chi connectivity index (χ3v) is 3.30. The summed E-state index contributed by atoms with van der Waals surface area (Å²) in [4.78, 5) is 24.3. The molecule has 0 radical (unpaired) electrons. The van der Waals surface area contributed by atoms with E-state index in [-0.39, 0.29) is 19.6 Å². The van der Waals surface area contributed by atoms with Gasteiger partial charge in [0, 0.05) is 13.0 Å². The van der Waals surface area contributed by atoms with Crippen LogP contribution in [-0.2, 0) is 9.59 Å². The Balaban J connectivity index is 2.00. The molecular weight excluding hydrogens is 278 g/mol. The lowest BCUT2D eigenvalue weighted by molar-refractivity contribution is -0.149. The molecule has 1 fully saturated rings. The van der Waals surface area contributed by atoms with Crippen LogP contribution in [0.1, 0.15) is 6.42 Å². The van der Waals surface area contributed by atoms with Gasteiger partial charge >= 0.3 is 5.97 Å². The van der Waals surface area contributed by atoms with Crippen LogP contribution in [-0.4, -0.2) is 59.4 Å². The highest BCUT2D eigenvalue weighted by Crippen LogP contribution is 2.26. The number of methoxy groups -OCH3 is 1. The molecule has 0 unspecified atom stereocenters. The number of para-hydroxylation sites is 2. The van der Waals surface area contributed by atoms with Crippen LogP contribution >= 0.6 is 0 Å². The Labute approximate surface area is 121 Å². The van der Waals surface area contributed by atoms with Crippen LogP contribution in [0.3, 0.4) is 0 Å². The molecule has 0 saturated carbocycles. The topological polar surface area (TPSA) is 96.3 Å². The molecule has 1 aliphatic rings. The van der Waals surface area contributed by atoms with Crippen LogP contribution in [0.4, 0.5) is 0 Å². The van der Waals surface area contributed by atoms with E-state index in [0.29, 0.717) is 11.5 Å². The summed E-state index contributed by atoms with van der Waals surface area (Å²) in [5.74, 6) is -0.719. The Morgan fingerprint density at radius 3 is 2.62 bits per heavy atom. The molecule has 7 heteroatoms. The number of amides is 1. The molecule has 2 atom stereocenters. The summed E-state index contributed by atoms with van der Waals surface area (Å²) in [5, 5.41) is 18.6. The van der Waals surface area contributed by atoms with Gasteiger partial charge in [0.15, 0.2) is 18.1 Å². The first kappa shape index (κ1) is 15.1. The summed E-state index contributed by atoms with van der Waals surface area (Å²) in [5.41, 5.74) is 0. The van der Waals surface area contributed by atoms with E-state index in [2.05, 4.69) is 0 Å². The van der Waals surface area contributed by atoms with E-state index in [4.69, 9.17) is 14.6 Å². The lowest BCUT2D eigenvalue weighted by Crippen LogP contribution is -2.42. The van der Waals surface area contributed by atoms with Crippen LogP contribution in [0.25, 0.3) is 0 Å². The molecule has 114 valence electrons. The number of nitrogens with zero attached hydrogens (tertiary/aromatic N) is 1. The first-order valence-electron chi connectivity index (χ1n) is 6.49. The minimum atomic E-state index is -1.13. The number of benzene rings is 1. The number of β-amino-alcohol motifs (C(OH)–C–C–N with tert-alkyl or cyclic N) is 1. The molecule has 1 aliphatic heterocycles. The fourth-order valence-electron chi connectivity index (χ4n) is 2.28. The minimum Gasteiger partial charge on any atom is -0.493 e. The van der Waals surface area contributed by atoms with Crippen LogP contribution in [0.15, 0.2) is 24.3 Å². The normalized spacial score (nSPS) is 21.1. The van der Waals surface area contributed by atoms with E-state index < -0.39 is 24.0 Å². The van der Waals surface area contributed by atoms with Crippen molar-refractivity contribution in [2.24, 2.45) is 0 Å². The molecule has 21 heavy (non-hydrogen) atoms. The minimum absolute atomic E-state index is 0.00504. The zero-order valence-electron chi connectivity index (χ0n) is 11.6. The third-order valence-electron chi connectivity index (χ3n) is 3.30. The highest BCUT2D eigenvalue weighted by molar-refractivity contribution is 5.85. The van der Waals surface area contributed by atoms with Crippen molar-refractivity contribution in [3.63, 3.8) is 0 Å². The number of carbonyl (C=O) groups excluding carboxylic acids is 1. The van der Waals surface area contributed by atoms with Crippen molar-refractivity contribution in [1.29, 1.82) is 0 Å². The Morgan fingerprint density at radius 1 is 1.33 bits per heavy atom. The Hall–Kier alpha value is -2.28. The number of aliphatic carboxylic acids is 1. The molecule has 2 N–H and O–H groups in total. The quantitative estimate of drug-likeness (QED) is 0.801. The molecule has 1 heterocycles. The molecule has 0 spiro atoms. The van der Waals surface area contributed by atoms with Gasteiger partial charge in [0.2, 0.25) is 0 Å². The van der Waals surface area contributed by atoms with Gasteiger partial charge in [0.05, 0.1) is 13.2 Å². The number of carbonyl (C=O) groups is 2. The highest BCUT2D eigenvalue weighted by Gasteiger charge is 2.38. The van der Waals surface area contributed by atoms with E-state index in [0.717, 1.165) is 4.90 Å². The van der Waals surface area contributed by atoms with Gasteiger partial charge in [-0.3, -0.25) is 4.79 Å². The van der Waals surface area contributed by atoms with Gasteiger partial charge in [-0.1, -0.05) is 12.1 Å². The van der Waals surface area contributed by atoms with Gasteiger partial charge in [-0.05, 0) is 12.1 Å². The molecule has 1 aromatic rings. The number of carboxylic acids is 1. The Bertz CT molecular complexity index is 532. The van der Waals surface area contributed by atoms with E-state index in [1.165, 1.54) is 7.11 Å². The number of ether oxygens (including phenoxy) is 2. The third kappa shape index (κ3) is 3.43. The van der Waals surface area contributed by atoms with Crippen molar-refractivity contribution in [2.45, 2.75) is 18.6 Å². The highest BCUT2D eigenvalue weighted by atomic mass is 16.5. The molecule has 0 bridgehead atoms. The number of aliphatic hydroxyl groups is 1. The number of hydrogen-bond donors (Lipinski definition) is 2. The number of likely N-dealkylation sites (tertiary alicyclic amines) is 1. The van der Waals surface area contributed by atoms with Crippen molar-refractivity contribution in [3.05, 3.63) is 24.3 Å². The van der Waals surface area contributed by atoms with Crippen LogP contribution < -0.4 is 9.47 Å². The Kier molecular flexibility index (Phi) is 4.64. The predicted octanol–water partition coefficient (Wildman–Crippen LogP) is 0.120. The van der Waals surface area contributed by atoms with Crippen molar-refractivity contribution < 1.29 is 29.3 Å². The van der Waals surface area contributed by atoms with Crippen molar-refractivity contribution in [3.8, 4) is 11.5 Å². The fourth-order valence-corrected chi connectivity index (χ4v) is 2.28. The Morgan fingerprint density at radius 2 is 2.00 bits per heavy atom. The van der Waals surface area contributed by atoms with Gasteiger partial charge in [0.25, 0.3) is 5.91 Å². The SMILES string of the molecule is COc1ccccc1OCC(=O)N1C[C@H](O)C[C@@H]1C(=O)O. The smallest absolute Gasteiger partial charge is 0.326 e. The molecule has 1 aromatic carbocycles. The average molecular weight is 295 g/mol. The van der Waals surface area contributed by atoms with E-state index in [1.807, 2.05) is 0 Å². The van der Waals surface area contributed by atoms with Gasteiger partial charge < -0.3 is 24.6 Å². The first-order valence-corrected chi connectivity index (χ1v) is 6.49. The van der Waals surface area contributed by atoms with Gasteiger partial charge in [0.1, 0.15) is 6.04 Å².